The molecule has 0 spiro atoms. The van der Waals surface area contributed by atoms with Crippen LogP contribution in [0.5, 0.6) is 0 Å². The Morgan fingerprint density at radius 3 is 2.21 bits per heavy atom. The summed E-state index contributed by atoms with van der Waals surface area (Å²) >= 11 is 0. The molecule has 0 aromatic heterocycles. The van der Waals surface area contributed by atoms with Crippen LogP contribution in [0.4, 0.5) is 5.69 Å². The number of benzene rings is 1. The molecular weight excluding hydrogens is 372 g/mol. The number of esters is 1. The van der Waals surface area contributed by atoms with Crippen molar-refractivity contribution in [1.82, 2.24) is 15.8 Å². The Kier molecular flexibility index (Phi) is 8.92. The monoisotopic (exact) mass is 404 g/mol. The van der Waals surface area contributed by atoms with Gasteiger partial charge < -0.3 is 9.64 Å². The molecule has 0 saturated carbocycles. The van der Waals surface area contributed by atoms with Crippen molar-refractivity contribution < 1.29 is 19.1 Å². The topological polar surface area (TPSA) is 91.0 Å². The summed E-state index contributed by atoms with van der Waals surface area (Å²) in [5.41, 5.74) is 6.46. The standard InChI is InChI=1S/C21H32N4O4/c1-4-25(5-2)18-9-7-16(8-10-18)20(27)23-22-19(26)15-24-13-11-17(12-14-24)21(28)29-6-3/h7-10,17H,4-6,11-15H2,1-3H3,(H,22,26)(H,23,27). The van der Waals surface area contributed by atoms with E-state index in [-0.39, 0.29) is 30.2 Å². The number of likely N-dealkylation sites (tertiary alicyclic amines) is 1. The second-order valence-electron chi connectivity index (χ2n) is 7.02. The van der Waals surface area contributed by atoms with E-state index in [1.807, 2.05) is 17.0 Å². The van der Waals surface area contributed by atoms with Gasteiger partial charge in [0, 0.05) is 24.3 Å². The molecule has 0 unspecified atom stereocenters. The number of nitrogens with one attached hydrogen (secondary N) is 2. The number of anilines is 1. The fourth-order valence-electron chi connectivity index (χ4n) is 3.44. The summed E-state index contributed by atoms with van der Waals surface area (Å²) in [5, 5.41) is 0. The Morgan fingerprint density at radius 2 is 1.66 bits per heavy atom. The third kappa shape index (κ3) is 6.74. The minimum atomic E-state index is -0.356. The normalized spacial score (nSPS) is 14.9. The minimum absolute atomic E-state index is 0.0896. The largest absolute Gasteiger partial charge is 0.466 e. The number of amides is 2. The Hall–Kier alpha value is -2.61. The number of hydrazine groups is 1. The smallest absolute Gasteiger partial charge is 0.309 e. The van der Waals surface area contributed by atoms with Gasteiger partial charge in [-0.25, -0.2) is 0 Å². The van der Waals surface area contributed by atoms with E-state index < -0.39 is 0 Å². The van der Waals surface area contributed by atoms with Gasteiger partial charge in [-0.1, -0.05) is 0 Å². The van der Waals surface area contributed by atoms with Crippen molar-refractivity contribution in [2.24, 2.45) is 5.92 Å². The highest BCUT2D eigenvalue weighted by atomic mass is 16.5. The second-order valence-corrected chi connectivity index (χ2v) is 7.02. The summed E-state index contributed by atoms with van der Waals surface area (Å²) in [7, 11) is 0. The van der Waals surface area contributed by atoms with Gasteiger partial charge in [0.25, 0.3) is 11.8 Å². The van der Waals surface area contributed by atoms with Gasteiger partial charge in [-0.15, -0.1) is 0 Å². The van der Waals surface area contributed by atoms with Gasteiger partial charge in [-0.3, -0.25) is 30.1 Å². The van der Waals surface area contributed by atoms with Crippen molar-refractivity contribution in [3.8, 4) is 0 Å². The molecule has 8 nitrogen and oxygen atoms in total. The van der Waals surface area contributed by atoms with Crippen LogP contribution in [0.15, 0.2) is 24.3 Å². The van der Waals surface area contributed by atoms with Crippen LogP contribution in [0.2, 0.25) is 0 Å². The molecule has 1 fully saturated rings. The lowest BCUT2D eigenvalue weighted by molar-refractivity contribution is -0.149. The van der Waals surface area contributed by atoms with Crippen LogP contribution in [0.1, 0.15) is 44.0 Å². The Morgan fingerprint density at radius 1 is 1.03 bits per heavy atom. The average Bonchev–Trinajstić information content (AvgIpc) is 2.74. The van der Waals surface area contributed by atoms with E-state index in [0.717, 1.165) is 18.8 Å². The fraction of sp³-hybridized carbons (Fsp3) is 0.571. The van der Waals surface area contributed by atoms with E-state index in [9.17, 15) is 14.4 Å². The van der Waals surface area contributed by atoms with Crippen LogP contribution in [0, 0.1) is 5.92 Å². The third-order valence-corrected chi connectivity index (χ3v) is 5.15. The summed E-state index contributed by atoms with van der Waals surface area (Å²) in [5.74, 6) is -0.887. The van der Waals surface area contributed by atoms with Crippen molar-refractivity contribution in [1.29, 1.82) is 0 Å². The third-order valence-electron chi connectivity index (χ3n) is 5.15. The fourth-order valence-corrected chi connectivity index (χ4v) is 3.44. The number of rotatable bonds is 8. The molecule has 1 heterocycles. The molecule has 0 bridgehead atoms. The predicted molar refractivity (Wildman–Crippen MR) is 111 cm³/mol. The number of hydrogen-bond donors (Lipinski definition) is 2. The highest BCUT2D eigenvalue weighted by Crippen LogP contribution is 2.18. The average molecular weight is 405 g/mol. The van der Waals surface area contributed by atoms with Gasteiger partial charge in [-0.05, 0) is 71.0 Å². The number of carbonyl (C=O) groups excluding carboxylic acids is 3. The van der Waals surface area contributed by atoms with E-state index in [2.05, 4.69) is 29.6 Å². The lowest BCUT2D eigenvalue weighted by Crippen LogP contribution is -2.48. The highest BCUT2D eigenvalue weighted by molar-refractivity contribution is 5.95. The van der Waals surface area contributed by atoms with Crippen LogP contribution in [0.3, 0.4) is 0 Å². The van der Waals surface area contributed by atoms with Crippen molar-refractivity contribution in [2.75, 3.05) is 44.2 Å². The molecule has 8 heteroatoms. The molecule has 0 radical (unpaired) electrons. The number of carbonyl (C=O) groups is 3. The quantitative estimate of drug-likeness (QED) is 0.505. The van der Waals surface area contributed by atoms with E-state index >= 15 is 0 Å². The van der Waals surface area contributed by atoms with Crippen molar-refractivity contribution in [2.45, 2.75) is 33.6 Å². The van der Waals surface area contributed by atoms with Crippen LogP contribution < -0.4 is 15.8 Å². The zero-order valence-corrected chi connectivity index (χ0v) is 17.6. The van der Waals surface area contributed by atoms with E-state index in [1.54, 1.807) is 19.1 Å². The van der Waals surface area contributed by atoms with Crippen molar-refractivity contribution in [3.63, 3.8) is 0 Å². The summed E-state index contributed by atoms with van der Waals surface area (Å²) in [6, 6.07) is 7.29. The number of hydrogen-bond acceptors (Lipinski definition) is 6. The molecule has 1 aromatic rings. The Bertz CT molecular complexity index is 680. The van der Waals surface area contributed by atoms with Crippen LogP contribution in [0.25, 0.3) is 0 Å². The maximum Gasteiger partial charge on any atom is 0.309 e. The maximum atomic E-state index is 12.2. The lowest BCUT2D eigenvalue weighted by atomic mass is 9.97. The van der Waals surface area contributed by atoms with E-state index in [1.165, 1.54) is 0 Å². The molecule has 1 saturated heterocycles. The van der Waals surface area contributed by atoms with Crippen molar-refractivity contribution >= 4 is 23.5 Å². The molecule has 2 amide bonds. The molecular formula is C21H32N4O4. The summed E-state index contributed by atoms with van der Waals surface area (Å²) in [6.07, 6.45) is 1.36. The first kappa shape index (κ1) is 22.7. The predicted octanol–water partition coefficient (Wildman–Crippen LogP) is 1.57. The van der Waals surface area contributed by atoms with E-state index in [4.69, 9.17) is 4.74 Å². The van der Waals surface area contributed by atoms with Gasteiger partial charge in [-0.2, -0.15) is 0 Å². The molecule has 1 aliphatic rings. The molecule has 0 atom stereocenters. The zero-order valence-electron chi connectivity index (χ0n) is 17.6. The molecule has 2 rings (SSSR count). The van der Waals surface area contributed by atoms with Crippen LogP contribution >= 0.6 is 0 Å². The molecule has 0 aliphatic carbocycles. The summed E-state index contributed by atoms with van der Waals surface area (Å²) in [6.45, 7) is 9.62. The zero-order chi connectivity index (χ0) is 21.2. The number of piperidine rings is 1. The lowest BCUT2D eigenvalue weighted by Gasteiger charge is -2.30. The van der Waals surface area contributed by atoms with Gasteiger partial charge in [0.2, 0.25) is 0 Å². The van der Waals surface area contributed by atoms with Gasteiger partial charge in [0.1, 0.15) is 0 Å². The van der Waals surface area contributed by atoms with Crippen LogP contribution in [-0.2, 0) is 14.3 Å². The number of nitrogens with zero attached hydrogens (tertiary/aromatic N) is 2. The molecule has 1 aromatic carbocycles. The van der Waals surface area contributed by atoms with E-state index in [0.29, 0.717) is 38.1 Å². The van der Waals surface area contributed by atoms with Gasteiger partial charge >= 0.3 is 5.97 Å². The Balaban J connectivity index is 1.74. The van der Waals surface area contributed by atoms with Crippen molar-refractivity contribution in [3.05, 3.63) is 29.8 Å². The first-order valence-electron chi connectivity index (χ1n) is 10.3. The summed E-state index contributed by atoms with van der Waals surface area (Å²) in [4.78, 5) is 40.3. The highest BCUT2D eigenvalue weighted by Gasteiger charge is 2.26. The minimum Gasteiger partial charge on any atom is -0.466 e. The second kappa shape index (κ2) is 11.4. The molecule has 160 valence electrons. The first-order chi connectivity index (χ1) is 14.0. The number of ether oxygens (including phenoxy) is 1. The first-order valence-corrected chi connectivity index (χ1v) is 10.3. The van der Waals surface area contributed by atoms with Gasteiger partial charge in [0.05, 0.1) is 19.1 Å². The molecule has 1 aliphatic heterocycles. The summed E-state index contributed by atoms with van der Waals surface area (Å²) < 4.78 is 5.05. The maximum absolute atomic E-state index is 12.2. The molecule has 2 N–H and O–H groups in total. The molecule has 29 heavy (non-hydrogen) atoms. The SMILES string of the molecule is CCOC(=O)C1CCN(CC(=O)NNC(=O)c2ccc(N(CC)CC)cc2)CC1. The van der Waals surface area contributed by atoms with Gasteiger partial charge in [0.15, 0.2) is 0 Å². The van der Waals surface area contributed by atoms with Crippen LogP contribution in [-0.4, -0.2) is 62.0 Å². The Labute approximate surface area is 172 Å².